The average molecular weight is 268 g/mol. The lowest BCUT2D eigenvalue weighted by Crippen LogP contribution is -2.68. The minimum atomic E-state index is -1.09. The van der Waals surface area contributed by atoms with Gasteiger partial charge in [-0.2, -0.15) is 0 Å². The summed E-state index contributed by atoms with van der Waals surface area (Å²) in [6.07, 6.45) is 2.46. The highest BCUT2D eigenvalue weighted by Gasteiger charge is 2.66. The Labute approximate surface area is 114 Å². The highest BCUT2D eigenvalue weighted by Crippen LogP contribution is 2.59. The van der Waals surface area contributed by atoms with Gasteiger partial charge in [0.2, 0.25) is 0 Å². The zero-order valence-corrected chi connectivity index (χ0v) is 11.9. The van der Waals surface area contributed by atoms with Crippen molar-refractivity contribution in [2.24, 2.45) is 23.2 Å². The first-order valence-corrected chi connectivity index (χ1v) is 7.42. The predicted octanol–water partition coefficient (Wildman–Crippen LogP) is 1.49. The highest BCUT2D eigenvalue weighted by atomic mass is 16.6. The first-order chi connectivity index (χ1) is 8.81. The number of fused-ring (bicyclic) bond motifs is 2. The smallest absolute Gasteiger partial charge is 0.309 e. The minimum absolute atomic E-state index is 0.0603. The van der Waals surface area contributed by atoms with Crippen LogP contribution in [0.1, 0.15) is 46.5 Å². The van der Waals surface area contributed by atoms with E-state index in [0.717, 1.165) is 19.3 Å². The quantitative estimate of drug-likeness (QED) is 0.653. The van der Waals surface area contributed by atoms with Crippen LogP contribution in [0.5, 0.6) is 0 Å². The molecule has 2 aliphatic carbocycles. The van der Waals surface area contributed by atoms with Gasteiger partial charge >= 0.3 is 5.97 Å². The van der Waals surface area contributed by atoms with Gasteiger partial charge in [0.15, 0.2) is 0 Å². The average Bonchev–Trinajstić information content (AvgIpc) is 2.60. The molecule has 1 aliphatic heterocycles. The molecule has 0 spiro atoms. The summed E-state index contributed by atoms with van der Waals surface area (Å²) < 4.78 is 5.43. The molecule has 7 unspecified atom stereocenters. The molecule has 4 nitrogen and oxygen atoms in total. The normalized spacial score (nSPS) is 57.3. The van der Waals surface area contributed by atoms with Gasteiger partial charge in [-0.05, 0) is 25.2 Å². The maximum Gasteiger partial charge on any atom is 0.309 e. The van der Waals surface area contributed by atoms with Crippen LogP contribution < -0.4 is 0 Å². The molecule has 19 heavy (non-hydrogen) atoms. The lowest BCUT2D eigenvalue weighted by atomic mass is 9.49. The minimum Gasteiger partial charge on any atom is -0.462 e. The summed E-state index contributed by atoms with van der Waals surface area (Å²) in [5.74, 6) is -0.744. The second kappa shape index (κ2) is 3.95. The van der Waals surface area contributed by atoms with Crippen molar-refractivity contribution >= 4 is 5.97 Å². The number of hydrogen-bond acceptors (Lipinski definition) is 4. The Morgan fingerprint density at radius 3 is 2.74 bits per heavy atom. The van der Waals surface area contributed by atoms with Gasteiger partial charge in [-0.1, -0.05) is 27.2 Å². The second-order valence-corrected chi connectivity index (χ2v) is 7.17. The molecular weight excluding hydrogens is 244 g/mol. The number of hydrogen-bond donors (Lipinski definition) is 2. The van der Waals surface area contributed by atoms with Gasteiger partial charge in [0.05, 0.1) is 17.6 Å². The molecular formula is C15H24O4. The number of rotatable bonds is 0. The Kier molecular flexibility index (Phi) is 2.78. The van der Waals surface area contributed by atoms with Gasteiger partial charge < -0.3 is 14.9 Å². The molecule has 3 aliphatic rings. The Morgan fingerprint density at radius 1 is 1.37 bits per heavy atom. The van der Waals surface area contributed by atoms with Gasteiger partial charge in [-0.25, -0.2) is 0 Å². The SMILES string of the molecule is CC1C(=O)OC2CC3(C)CCCC(C)C3(O)C(O)C21. The van der Waals surface area contributed by atoms with Crippen molar-refractivity contribution in [1.82, 2.24) is 0 Å². The van der Waals surface area contributed by atoms with E-state index in [1.165, 1.54) is 0 Å². The molecule has 2 saturated carbocycles. The predicted molar refractivity (Wildman–Crippen MR) is 69.2 cm³/mol. The fourth-order valence-corrected chi connectivity index (χ4v) is 4.93. The summed E-state index contributed by atoms with van der Waals surface area (Å²) in [6, 6.07) is 0. The van der Waals surface area contributed by atoms with Gasteiger partial charge in [0.1, 0.15) is 6.10 Å². The van der Waals surface area contributed by atoms with Crippen LogP contribution in [0, 0.1) is 23.2 Å². The topological polar surface area (TPSA) is 66.8 Å². The van der Waals surface area contributed by atoms with E-state index >= 15 is 0 Å². The van der Waals surface area contributed by atoms with Gasteiger partial charge in [-0.15, -0.1) is 0 Å². The molecule has 2 N–H and O–H groups in total. The molecule has 3 rings (SSSR count). The number of aliphatic hydroxyl groups excluding tert-OH is 1. The summed E-state index contributed by atoms with van der Waals surface area (Å²) >= 11 is 0. The van der Waals surface area contributed by atoms with E-state index in [-0.39, 0.29) is 35.2 Å². The van der Waals surface area contributed by atoms with Crippen molar-refractivity contribution in [2.45, 2.75) is 64.3 Å². The molecule has 108 valence electrons. The molecule has 3 fully saturated rings. The Balaban J connectivity index is 2.03. The van der Waals surface area contributed by atoms with Crippen molar-refractivity contribution in [3.05, 3.63) is 0 Å². The maximum atomic E-state index is 11.8. The summed E-state index contributed by atoms with van der Waals surface area (Å²) in [4.78, 5) is 11.8. The lowest BCUT2D eigenvalue weighted by Gasteiger charge is -2.60. The number of esters is 1. The first kappa shape index (κ1) is 13.4. The molecule has 0 aromatic heterocycles. The van der Waals surface area contributed by atoms with E-state index in [1.807, 2.05) is 13.8 Å². The van der Waals surface area contributed by atoms with Crippen LogP contribution in [0.15, 0.2) is 0 Å². The zero-order chi connectivity index (χ0) is 14.0. The maximum absolute atomic E-state index is 11.8. The van der Waals surface area contributed by atoms with Gasteiger partial charge in [0, 0.05) is 11.3 Å². The molecule has 0 bridgehead atoms. The third-order valence-corrected chi connectivity index (χ3v) is 6.20. The number of ether oxygens (including phenoxy) is 1. The van der Waals surface area contributed by atoms with E-state index in [2.05, 4.69) is 0 Å². The molecule has 0 amide bonds. The standard InChI is InChI=1S/C15H24O4/c1-8-5-4-6-14(3)7-10-11(9(2)13(17)19-10)12(16)15(8,14)18/h8-12,16,18H,4-7H2,1-3H3. The van der Waals surface area contributed by atoms with Crippen LogP contribution in [0.25, 0.3) is 0 Å². The molecule has 7 atom stereocenters. The van der Waals surface area contributed by atoms with Crippen molar-refractivity contribution in [1.29, 1.82) is 0 Å². The highest BCUT2D eigenvalue weighted by molar-refractivity contribution is 5.75. The summed E-state index contributed by atoms with van der Waals surface area (Å²) in [6.45, 7) is 5.86. The van der Waals surface area contributed by atoms with Crippen LogP contribution in [0.2, 0.25) is 0 Å². The first-order valence-electron chi connectivity index (χ1n) is 7.42. The van der Waals surface area contributed by atoms with Crippen molar-refractivity contribution in [2.75, 3.05) is 0 Å². The van der Waals surface area contributed by atoms with E-state index in [4.69, 9.17) is 4.74 Å². The molecule has 1 heterocycles. The summed E-state index contributed by atoms with van der Waals surface area (Å²) in [5.41, 5.74) is -1.44. The van der Waals surface area contributed by atoms with Crippen LogP contribution in [-0.2, 0) is 9.53 Å². The zero-order valence-electron chi connectivity index (χ0n) is 11.9. The molecule has 4 heteroatoms. The molecule has 1 saturated heterocycles. The number of carbonyl (C=O) groups excluding carboxylic acids is 1. The van der Waals surface area contributed by atoms with E-state index < -0.39 is 11.7 Å². The van der Waals surface area contributed by atoms with Gasteiger partial charge in [0.25, 0.3) is 0 Å². The fraction of sp³-hybridized carbons (Fsp3) is 0.933. The van der Waals surface area contributed by atoms with Crippen molar-refractivity contribution in [3.8, 4) is 0 Å². The van der Waals surface area contributed by atoms with Crippen LogP contribution in [0.4, 0.5) is 0 Å². The molecule has 0 aromatic rings. The molecule has 0 aromatic carbocycles. The van der Waals surface area contributed by atoms with Gasteiger partial charge in [-0.3, -0.25) is 4.79 Å². The van der Waals surface area contributed by atoms with Crippen molar-refractivity contribution < 1.29 is 19.7 Å². The Hall–Kier alpha value is -0.610. The third kappa shape index (κ3) is 1.50. The lowest BCUT2D eigenvalue weighted by molar-refractivity contribution is -0.255. The van der Waals surface area contributed by atoms with Crippen molar-refractivity contribution in [3.63, 3.8) is 0 Å². The Bertz CT molecular complexity index is 409. The third-order valence-electron chi connectivity index (χ3n) is 6.20. The van der Waals surface area contributed by atoms with E-state index in [1.54, 1.807) is 6.92 Å². The van der Waals surface area contributed by atoms with Crippen LogP contribution >= 0.6 is 0 Å². The largest absolute Gasteiger partial charge is 0.462 e. The summed E-state index contributed by atoms with van der Waals surface area (Å²) in [5, 5.41) is 22.0. The number of carbonyl (C=O) groups is 1. The van der Waals surface area contributed by atoms with Crippen LogP contribution in [0.3, 0.4) is 0 Å². The number of aliphatic hydroxyl groups is 2. The van der Waals surface area contributed by atoms with E-state index in [0.29, 0.717) is 6.42 Å². The summed E-state index contributed by atoms with van der Waals surface area (Å²) in [7, 11) is 0. The van der Waals surface area contributed by atoms with Crippen LogP contribution in [-0.4, -0.2) is 34.0 Å². The Morgan fingerprint density at radius 2 is 2.05 bits per heavy atom. The van der Waals surface area contributed by atoms with E-state index in [9.17, 15) is 15.0 Å². The monoisotopic (exact) mass is 268 g/mol. The molecule has 0 radical (unpaired) electrons. The fourth-order valence-electron chi connectivity index (χ4n) is 4.93. The second-order valence-electron chi connectivity index (χ2n) is 7.17.